The number of halogens is 2. The third-order valence-corrected chi connectivity index (χ3v) is 16.6. The zero-order valence-electron chi connectivity index (χ0n) is 42.8. The average molecular weight is 1090 g/mol. The number of amides is 7. The van der Waals surface area contributed by atoms with Gasteiger partial charge < -0.3 is 46.3 Å². The fourth-order valence-corrected chi connectivity index (χ4v) is 11.9. The third-order valence-electron chi connectivity index (χ3n) is 15.6. The van der Waals surface area contributed by atoms with Gasteiger partial charge in [-0.15, -0.1) is 0 Å². The number of piperidine rings is 2. The van der Waals surface area contributed by atoms with Gasteiger partial charge in [0.25, 0.3) is 5.91 Å². The Hall–Kier alpha value is -7.16. The summed E-state index contributed by atoms with van der Waals surface area (Å²) in [7, 11) is -5.90. The zero-order chi connectivity index (χ0) is 55.3. The Kier molecular flexibility index (Phi) is 17.0. The number of carbonyl (C=O) groups is 7. The van der Waals surface area contributed by atoms with Crippen LogP contribution in [0.25, 0.3) is 10.9 Å². The van der Waals surface area contributed by atoms with Crippen LogP contribution in [0.15, 0.2) is 109 Å². The fraction of sp³-hybridized carbons (Fsp3) is 0.411. The van der Waals surface area contributed by atoms with E-state index in [1.165, 1.54) is 17.0 Å². The summed E-state index contributed by atoms with van der Waals surface area (Å²) in [4.78, 5) is 123. The van der Waals surface area contributed by atoms with Gasteiger partial charge in [-0.2, -0.15) is 8.78 Å². The van der Waals surface area contributed by atoms with Crippen molar-refractivity contribution in [2.45, 2.75) is 106 Å². The van der Waals surface area contributed by atoms with Gasteiger partial charge in [0.2, 0.25) is 35.4 Å². The molecule has 0 radical (unpaired) electrons. The number of benzene rings is 4. The molecule has 0 saturated carbocycles. The van der Waals surface area contributed by atoms with Gasteiger partial charge >= 0.3 is 13.3 Å². The number of primary amides is 1. The molecular weight excluding hydrogens is 1030 g/mol. The number of aromatic nitrogens is 1. The van der Waals surface area contributed by atoms with E-state index < -0.39 is 84.5 Å². The van der Waals surface area contributed by atoms with Crippen LogP contribution < -0.4 is 27.0 Å². The lowest BCUT2D eigenvalue weighted by molar-refractivity contribution is -0.144. The Morgan fingerprint density at radius 2 is 1.46 bits per heavy atom. The molecule has 9 N–H and O–H groups in total. The maximum atomic E-state index is 15.2. The van der Waals surface area contributed by atoms with E-state index in [1.807, 2.05) is 84.9 Å². The number of nitrogens with zero attached hydrogens (tertiary/aromatic N) is 3. The highest BCUT2D eigenvalue weighted by molar-refractivity contribution is 7.52. The van der Waals surface area contributed by atoms with Gasteiger partial charge in [0.15, 0.2) is 0 Å². The number of nitrogens with one attached hydrogen (secondary N) is 5. The van der Waals surface area contributed by atoms with E-state index in [4.69, 9.17) is 5.73 Å². The standard InChI is InChI=1S/C56H64F2N9O10P/c57-56(58,78(75,76)77)39-15-18-43-38(29-39)30-45(60-43)53(72)62-46-33-66(31-34-23-26-65(27-24-34)32-37-13-7-8-14-41(37)42-17-22-49(69)63-51(42)70)28-25-40-16-20-47(67(40)55(46)74)54(73)61-44(19-21-48(59)68)52(71)64-50(35-9-3-1-4-10-35)36-11-5-2-6-12-36/h1-15,18,29-30,34,40,42,44,46-47,50,60H,16-17,19-28,31-33H2,(H2,59,68)(H,61,73)(H,62,72)(H,64,71)(H,63,69,70)(H2,75,76,77)/t40-,42?,44+,46+,47+/m1/s1. The first-order valence-corrected chi connectivity index (χ1v) is 28.0. The molecule has 5 atom stereocenters. The van der Waals surface area contributed by atoms with Crippen molar-refractivity contribution in [3.63, 3.8) is 0 Å². The summed E-state index contributed by atoms with van der Waals surface area (Å²) in [6.07, 6.45) is 3.18. The monoisotopic (exact) mass is 1090 g/mol. The molecule has 78 heavy (non-hydrogen) atoms. The first-order valence-electron chi connectivity index (χ1n) is 26.4. The quantitative estimate of drug-likeness (QED) is 0.0440. The smallest absolute Gasteiger partial charge is 0.370 e. The number of aromatic amines is 1. The van der Waals surface area contributed by atoms with E-state index in [-0.39, 0.29) is 66.6 Å². The van der Waals surface area contributed by atoms with Crippen molar-refractivity contribution in [3.8, 4) is 0 Å². The first-order chi connectivity index (χ1) is 37.3. The molecule has 4 aliphatic rings. The van der Waals surface area contributed by atoms with Crippen molar-refractivity contribution in [2.24, 2.45) is 11.7 Å². The van der Waals surface area contributed by atoms with E-state index in [9.17, 15) is 51.9 Å². The zero-order valence-corrected chi connectivity index (χ0v) is 43.7. The van der Waals surface area contributed by atoms with Crippen LogP contribution in [0.1, 0.15) is 108 Å². The normalized spacial score (nSPS) is 21.3. The lowest BCUT2D eigenvalue weighted by atomic mass is 9.87. The molecule has 4 fully saturated rings. The Morgan fingerprint density at radius 3 is 2.13 bits per heavy atom. The molecule has 19 nitrogen and oxygen atoms in total. The molecule has 4 aromatic carbocycles. The number of nitrogens with two attached hydrogens (primary N) is 1. The Balaban J connectivity index is 0.928. The number of H-pyrrole nitrogens is 1. The maximum absolute atomic E-state index is 15.2. The number of fused-ring (bicyclic) bond motifs is 2. The van der Waals surface area contributed by atoms with Gasteiger partial charge in [-0.1, -0.05) is 91.0 Å². The maximum Gasteiger partial charge on any atom is 0.399 e. The van der Waals surface area contributed by atoms with E-state index in [1.54, 1.807) is 0 Å². The van der Waals surface area contributed by atoms with Gasteiger partial charge in [-0.3, -0.25) is 48.3 Å². The molecule has 0 aliphatic carbocycles. The van der Waals surface area contributed by atoms with Gasteiger partial charge in [0.05, 0.1) is 12.0 Å². The summed E-state index contributed by atoms with van der Waals surface area (Å²) >= 11 is 0. The highest BCUT2D eigenvalue weighted by atomic mass is 31.2. The SMILES string of the molecule is NC(=O)CC[C@H](NC(=O)[C@@H]1CC[C@@H]2CCN(CC3CCN(Cc4ccccc4C4CCC(=O)NC4=O)CC3)C[C@H](NC(=O)c3cc4cc(C(F)(F)P(=O)(O)O)ccc4[nH]3)C(=O)N21)C(=O)NC(c1ccccc1)c1ccccc1. The largest absolute Gasteiger partial charge is 0.399 e. The Bertz CT molecular complexity index is 3060. The molecule has 4 aliphatic heterocycles. The molecule has 5 aromatic rings. The van der Waals surface area contributed by atoms with E-state index >= 15 is 4.79 Å². The predicted molar refractivity (Wildman–Crippen MR) is 283 cm³/mol. The summed E-state index contributed by atoms with van der Waals surface area (Å²) in [5, 5.41) is 11.3. The van der Waals surface area contributed by atoms with Crippen LogP contribution in [0.5, 0.6) is 0 Å². The van der Waals surface area contributed by atoms with Crippen LogP contribution in [0.2, 0.25) is 0 Å². The number of hydrogen-bond donors (Lipinski definition) is 8. The molecule has 412 valence electrons. The average Bonchev–Trinajstić information content (AvgIpc) is 4.09. The second kappa shape index (κ2) is 23.8. The van der Waals surface area contributed by atoms with Crippen LogP contribution in [0.4, 0.5) is 8.78 Å². The lowest BCUT2D eigenvalue weighted by Crippen LogP contribution is -2.61. The molecule has 1 unspecified atom stereocenters. The molecule has 5 heterocycles. The number of rotatable bonds is 18. The Morgan fingerprint density at radius 1 is 0.795 bits per heavy atom. The van der Waals surface area contributed by atoms with Gasteiger partial charge in [-0.05, 0) is 104 Å². The molecule has 22 heteroatoms. The second-order valence-corrected chi connectivity index (χ2v) is 22.5. The van der Waals surface area contributed by atoms with Crippen molar-refractivity contribution in [1.82, 2.24) is 41.0 Å². The molecule has 0 spiro atoms. The van der Waals surface area contributed by atoms with Crippen LogP contribution in [-0.4, -0.2) is 128 Å². The van der Waals surface area contributed by atoms with Gasteiger partial charge in [0, 0.05) is 61.5 Å². The summed E-state index contributed by atoms with van der Waals surface area (Å²) < 4.78 is 41.2. The highest BCUT2D eigenvalue weighted by Crippen LogP contribution is 2.59. The third kappa shape index (κ3) is 12.7. The summed E-state index contributed by atoms with van der Waals surface area (Å²) in [5.41, 5.74) is 3.70. The minimum atomic E-state index is -5.90. The minimum absolute atomic E-state index is 0.0462. The number of carbonyl (C=O) groups excluding carboxylic acids is 7. The summed E-state index contributed by atoms with van der Waals surface area (Å²) in [5.74, 6) is -3.96. The number of hydrogen-bond acceptors (Lipinski definition) is 10. The first kappa shape index (κ1) is 55.6. The van der Waals surface area contributed by atoms with Crippen molar-refractivity contribution < 1.29 is 56.7 Å². The van der Waals surface area contributed by atoms with Crippen LogP contribution in [-0.2, 0) is 45.5 Å². The summed E-state index contributed by atoms with van der Waals surface area (Å²) in [6.45, 7) is 3.27. The highest BCUT2D eigenvalue weighted by Gasteiger charge is 2.51. The van der Waals surface area contributed by atoms with Crippen LogP contribution in [0.3, 0.4) is 0 Å². The molecule has 0 bridgehead atoms. The van der Waals surface area contributed by atoms with E-state index in [0.29, 0.717) is 38.9 Å². The molecular formula is C56H64F2N9O10P. The molecule has 7 amide bonds. The van der Waals surface area contributed by atoms with E-state index in [2.05, 4.69) is 36.1 Å². The molecule has 4 saturated heterocycles. The fourth-order valence-electron chi connectivity index (χ4n) is 11.5. The Labute approximate surface area is 449 Å². The number of imide groups is 1. The molecule has 1 aromatic heterocycles. The summed E-state index contributed by atoms with van der Waals surface area (Å²) in [6, 6.07) is 25.9. The second-order valence-electron chi connectivity index (χ2n) is 20.9. The minimum Gasteiger partial charge on any atom is -0.370 e. The number of alkyl halides is 2. The van der Waals surface area contributed by atoms with Crippen molar-refractivity contribution >= 4 is 59.8 Å². The van der Waals surface area contributed by atoms with Gasteiger partial charge in [-0.25, -0.2) is 0 Å². The predicted octanol–water partition coefficient (Wildman–Crippen LogP) is 4.65. The molecule has 9 rings (SSSR count). The van der Waals surface area contributed by atoms with E-state index in [0.717, 1.165) is 60.3 Å². The van der Waals surface area contributed by atoms with Crippen molar-refractivity contribution in [3.05, 3.63) is 143 Å². The number of likely N-dealkylation sites (tertiary alicyclic amines) is 1. The van der Waals surface area contributed by atoms with Crippen LogP contribution in [0, 0.1) is 5.92 Å². The van der Waals surface area contributed by atoms with Crippen LogP contribution >= 0.6 is 7.60 Å². The lowest BCUT2D eigenvalue weighted by Gasteiger charge is -2.41. The van der Waals surface area contributed by atoms with Crippen molar-refractivity contribution in [2.75, 3.05) is 32.7 Å². The van der Waals surface area contributed by atoms with Gasteiger partial charge in [0.1, 0.15) is 23.8 Å². The topological polar surface area (TPSA) is 277 Å². The van der Waals surface area contributed by atoms with Crippen molar-refractivity contribution in [1.29, 1.82) is 0 Å².